The van der Waals surface area contributed by atoms with Gasteiger partial charge in [0.2, 0.25) is 0 Å². The van der Waals surface area contributed by atoms with Gasteiger partial charge in [-0.2, -0.15) is 0 Å². The molecule has 0 aromatic carbocycles. The maximum atomic E-state index is 12.8. The van der Waals surface area contributed by atoms with Crippen LogP contribution in [0.15, 0.2) is 47.8 Å². The van der Waals surface area contributed by atoms with Crippen LogP contribution in [0.1, 0.15) is 12.8 Å². The van der Waals surface area contributed by atoms with E-state index >= 15 is 0 Å². The SMILES string of the molecule is O=S(=O)(Nc1cccnc1N1CCCC1)c1c[nH]c2ncccc12. The summed E-state index contributed by atoms with van der Waals surface area (Å²) in [6, 6.07) is 6.92. The Labute approximate surface area is 139 Å². The lowest BCUT2D eigenvalue weighted by Gasteiger charge is -2.20. The largest absolute Gasteiger partial charge is 0.355 e. The van der Waals surface area contributed by atoms with Crippen molar-refractivity contribution in [2.24, 2.45) is 0 Å². The van der Waals surface area contributed by atoms with Crippen LogP contribution in [-0.4, -0.2) is 36.5 Å². The molecule has 0 spiro atoms. The van der Waals surface area contributed by atoms with Crippen molar-refractivity contribution in [3.8, 4) is 0 Å². The van der Waals surface area contributed by atoms with E-state index in [1.165, 1.54) is 6.20 Å². The summed E-state index contributed by atoms with van der Waals surface area (Å²) in [6.45, 7) is 1.78. The van der Waals surface area contributed by atoms with Crippen molar-refractivity contribution >= 4 is 32.6 Å². The van der Waals surface area contributed by atoms with Crippen LogP contribution in [0.5, 0.6) is 0 Å². The van der Waals surface area contributed by atoms with E-state index in [-0.39, 0.29) is 4.90 Å². The molecule has 7 nitrogen and oxygen atoms in total. The second-order valence-electron chi connectivity index (χ2n) is 5.73. The van der Waals surface area contributed by atoms with Gasteiger partial charge in [-0.3, -0.25) is 4.72 Å². The van der Waals surface area contributed by atoms with Crippen LogP contribution in [0.2, 0.25) is 0 Å². The Kier molecular flexibility index (Phi) is 3.61. The Hall–Kier alpha value is -2.61. The van der Waals surface area contributed by atoms with Crippen LogP contribution in [0, 0.1) is 0 Å². The first-order valence-electron chi connectivity index (χ1n) is 7.80. The Morgan fingerprint density at radius 3 is 2.67 bits per heavy atom. The van der Waals surface area contributed by atoms with Crippen molar-refractivity contribution in [1.82, 2.24) is 15.0 Å². The zero-order chi connectivity index (χ0) is 16.6. The average molecular weight is 343 g/mol. The van der Waals surface area contributed by atoms with Gasteiger partial charge in [-0.25, -0.2) is 18.4 Å². The standard InChI is InChI=1S/C16H17N5O2S/c22-24(23,14-11-19-15-12(14)5-3-7-17-15)20-13-6-4-8-18-16(13)21-9-1-2-10-21/h3-8,11,20H,1-2,9-10H2,(H,17,19). The van der Waals surface area contributed by atoms with Crippen molar-refractivity contribution in [3.63, 3.8) is 0 Å². The molecule has 3 aromatic heterocycles. The number of aromatic amines is 1. The minimum atomic E-state index is -3.74. The lowest BCUT2D eigenvalue weighted by atomic mass is 10.3. The smallest absolute Gasteiger partial charge is 0.264 e. The topological polar surface area (TPSA) is 91.0 Å². The van der Waals surface area contributed by atoms with Crippen LogP contribution >= 0.6 is 0 Å². The van der Waals surface area contributed by atoms with Crippen LogP contribution in [0.4, 0.5) is 11.5 Å². The van der Waals surface area contributed by atoms with E-state index in [4.69, 9.17) is 0 Å². The fraction of sp³-hybridized carbons (Fsp3) is 0.250. The van der Waals surface area contributed by atoms with Gasteiger partial charge in [0.1, 0.15) is 10.5 Å². The van der Waals surface area contributed by atoms with Crippen molar-refractivity contribution in [1.29, 1.82) is 0 Å². The molecule has 24 heavy (non-hydrogen) atoms. The maximum Gasteiger partial charge on any atom is 0.264 e. The summed E-state index contributed by atoms with van der Waals surface area (Å²) in [5.41, 5.74) is 1.04. The average Bonchev–Trinajstić information content (AvgIpc) is 3.25. The quantitative estimate of drug-likeness (QED) is 0.759. The molecule has 0 aliphatic carbocycles. The van der Waals surface area contributed by atoms with Crippen molar-refractivity contribution in [2.75, 3.05) is 22.7 Å². The Morgan fingerprint density at radius 2 is 1.83 bits per heavy atom. The lowest BCUT2D eigenvalue weighted by molar-refractivity contribution is 0.602. The molecular formula is C16H17N5O2S. The number of H-pyrrole nitrogens is 1. The molecule has 1 aliphatic rings. The molecule has 1 aliphatic heterocycles. The highest BCUT2D eigenvalue weighted by molar-refractivity contribution is 7.93. The number of nitrogens with zero attached hydrogens (tertiary/aromatic N) is 3. The monoisotopic (exact) mass is 343 g/mol. The fourth-order valence-corrected chi connectivity index (χ4v) is 4.24. The van der Waals surface area contributed by atoms with E-state index < -0.39 is 10.0 Å². The zero-order valence-electron chi connectivity index (χ0n) is 12.9. The Balaban J connectivity index is 1.72. The van der Waals surface area contributed by atoms with Crippen LogP contribution in [0.3, 0.4) is 0 Å². The van der Waals surface area contributed by atoms with E-state index in [1.807, 2.05) is 0 Å². The molecule has 0 unspecified atom stereocenters. The first-order chi connectivity index (χ1) is 11.6. The number of rotatable bonds is 4. The van der Waals surface area contributed by atoms with Gasteiger partial charge < -0.3 is 9.88 Å². The highest BCUT2D eigenvalue weighted by Gasteiger charge is 2.23. The van der Waals surface area contributed by atoms with Crippen LogP contribution in [0.25, 0.3) is 11.0 Å². The summed E-state index contributed by atoms with van der Waals surface area (Å²) in [4.78, 5) is 13.7. The summed E-state index contributed by atoms with van der Waals surface area (Å²) in [6.07, 6.45) is 6.95. The molecule has 0 saturated carbocycles. The van der Waals surface area contributed by atoms with Crippen molar-refractivity contribution in [2.45, 2.75) is 17.7 Å². The van der Waals surface area contributed by atoms with Crippen molar-refractivity contribution in [3.05, 3.63) is 42.9 Å². The van der Waals surface area contributed by atoms with Gasteiger partial charge >= 0.3 is 0 Å². The summed E-state index contributed by atoms with van der Waals surface area (Å²) >= 11 is 0. The summed E-state index contributed by atoms with van der Waals surface area (Å²) < 4.78 is 28.4. The van der Waals surface area contributed by atoms with E-state index in [0.717, 1.165) is 25.9 Å². The van der Waals surface area contributed by atoms with Gasteiger partial charge in [0.15, 0.2) is 5.82 Å². The Morgan fingerprint density at radius 1 is 1.08 bits per heavy atom. The normalized spacial score (nSPS) is 15.1. The Bertz CT molecular complexity index is 977. The van der Waals surface area contributed by atoms with Crippen LogP contribution in [-0.2, 0) is 10.0 Å². The van der Waals surface area contributed by atoms with E-state index in [1.54, 1.807) is 36.7 Å². The number of nitrogens with one attached hydrogen (secondary N) is 2. The summed E-state index contributed by atoms with van der Waals surface area (Å²) in [5, 5.41) is 0.566. The number of hydrogen-bond acceptors (Lipinski definition) is 5. The van der Waals surface area contributed by atoms with E-state index in [0.29, 0.717) is 22.5 Å². The molecule has 0 radical (unpaired) electrons. The number of hydrogen-bond donors (Lipinski definition) is 2. The zero-order valence-corrected chi connectivity index (χ0v) is 13.8. The number of aromatic nitrogens is 3. The minimum Gasteiger partial charge on any atom is -0.355 e. The number of sulfonamides is 1. The second kappa shape index (κ2) is 5.79. The molecule has 1 fully saturated rings. The minimum absolute atomic E-state index is 0.182. The van der Waals surface area contributed by atoms with E-state index in [2.05, 4.69) is 24.6 Å². The van der Waals surface area contributed by atoms with Gasteiger partial charge in [-0.15, -0.1) is 0 Å². The molecule has 0 amide bonds. The second-order valence-corrected chi connectivity index (χ2v) is 7.38. The molecular weight excluding hydrogens is 326 g/mol. The third-order valence-corrected chi connectivity index (χ3v) is 5.54. The molecule has 4 heterocycles. The predicted octanol–water partition coefficient (Wildman–Crippen LogP) is 2.36. The summed E-state index contributed by atoms with van der Waals surface area (Å²) in [7, 11) is -3.74. The fourth-order valence-electron chi connectivity index (χ4n) is 3.01. The first kappa shape index (κ1) is 14.9. The van der Waals surface area contributed by atoms with Crippen LogP contribution < -0.4 is 9.62 Å². The van der Waals surface area contributed by atoms with Gasteiger partial charge in [-0.1, -0.05) is 0 Å². The predicted molar refractivity (Wildman–Crippen MR) is 92.6 cm³/mol. The van der Waals surface area contributed by atoms with Gasteiger partial charge in [0.25, 0.3) is 10.0 Å². The third-order valence-electron chi connectivity index (χ3n) is 4.14. The molecule has 3 aromatic rings. The highest BCUT2D eigenvalue weighted by Crippen LogP contribution is 2.29. The third kappa shape index (κ3) is 2.58. The lowest BCUT2D eigenvalue weighted by Crippen LogP contribution is -2.22. The molecule has 4 rings (SSSR count). The number of pyridine rings is 2. The van der Waals surface area contributed by atoms with Gasteiger partial charge in [0, 0.05) is 37.1 Å². The highest BCUT2D eigenvalue weighted by atomic mass is 32.2. The maximum absolute atomic E-state index is 12.8. The molecule has 124 valence electrons. The molecule has 2 N–H and O–H groups in total. The van der Waals surface area contributed by atoms with Gasteiger partial charge in [0.05, 0.1) is 5.69 Å². The van der Waals surface area contributed by atoms with Gasteiger partial charge in [-0.05, 0) is 37.1 Å². The molecule has 8 heteroatoms. The number of anilines is 2. The molecule has 0 bridgehead atoms. The van der Waals surface area contributed by atoms with E-state index in [9.17, 15) is 8.42 Å². The number of fused-ring (bicyclic) bond motifs is 1. The molecule has 0 atom stereocenters. The first-order valence-corrected chi connectivity index (χ1v) is 9.28. The molecule has 1 saturated heterocycles. The van der Waals surface area contributed by atoms with Crippen molar-refractivity contribution < 1.29 is 8.42 Å². The summed E-state index contributed by atoms with van der Waals surface area (Å²) in [5.74, 6) is 0.677.